The van der Waals surface area contributed by atoms with Crippen molar-refractivity contribution in [3.63, 3.8) is 0 Å². The van der Waals surface area contributed by atoms with Crippen LogP contribution in [0.3, 0.4) is 0 Å². The third-order valence-electron chi connectivity index (χ3n) is 5.26. The van der Waals surface area contributed by atoms with E-state index in [2.05, 4.69) is 18.7 Å². The normalized spacial score (nSPS) is 18.3. The SMILES string of the molecule is CC(C)(CCCC(=O)O)CC(CC(C)(C)C(=O)O)N1CCCCC1. The summed E-state index contributed by atoms with van der Waals surface area (Å²) in [5, 5.41) is 18.3. The molecule has 1 unspecified atom stereocenters. The number of nitrogens with zero attached hydrogens (tertiary/aromatic N) is 1. The van der Waals surface area contributed by atoms with Gasteiger partial charge in [0.25, 0.3) is 0 Å². The van der Waals surface area contributed by atoms with Crippen molar-refractivity contribution in [1.29, 1.82) is 0 Å². The molecule has 0 amide bonds. The van der Waals surface area contributed by atoms with Crippen molar-refractivity contribution in [3.8, 4) is 0 Å². The van der Waals surface area contributed by atoms with Crippen molar-refractivity contribution in [3.05, 3.63) is 0 Å². The van der Waals surface area contributed by atoms with Gasteiger partial charge in [0.05, 0.1) is 5.41 Å². The summed E-state index contributed by atoms with van der Waals surface area (Å²) in [6.45, 7) is 10.1. The second-order valence-corrected chi connectivity index (χ2v) is 8.76. The van der Waals surface area contributed by atoms with Gasteiger partial charge in [0.15, 0.2) is 0 Å². The van der Waals surface area contributed by atoms with Gasteiger partial charge >= 0.3 is 11.9 Å². The molecule has 1 heterocycles. The molecule has 1 fully saturated rings. The first-order valence-corrected chi connectivity index (χ1v) is 9.23. The lowest BCUT2D eigenvalue weighted by molar-refractivity contribution is -0.148. The van der Waals surface area contributed by atoms with E-state index in [1.54, 1.807) is 0 Å². The van der Waals surface area contributed by atoms with Crippen LogP contribution in [-0.2, 0) is 9.59 Å². The van der Waals surface area contributed by atoms with Crippen molar-refractivity contribution in [2.45, 2.75) is 85.1 Å². The van der Waals surface area contributed by atoms with Crippen molar-refractivity contribution in [2.24, 2.45) is 10.8 Å². The second-order valence-electron chi connectivity index (χ2n) is 8.76. The maximum absolute atomic E-state index is 11.6. The number of piperidine rings is 1. The second kappa shape index (κ2) is 8.84. The molecular weight excluding hydrogens is 306 g/mol. The number of rotatable bonds is 10. The molecule has 5 nitrogen and oxygen atoms in total. The van der Waals surface area contributed by atoms with Crippen LogP contribution in [0, 0.1) is 10.8 Å². The minimum Gasteiger partial charge on any atom is -0.481 e. The van der Waals surface area contributed by atoms with Gasteiger partial charge in [0.2, 0.25) is 0 Å². The molecule has 0 saturated carbocycles. The smallest absolute Gasteiger partial charge is 0.309 e. The van der Waals surface area contributed by atoms with Crippen molar-refractivity contribution < 1.29 is 19.8 Å². The fourth-order valence-electron chi connectivity index (χ4n) is 3.75. The summed E-state index contributed by atoms with van der Waals surface area (Å²) in [6.07, 6.45) is 6.93. The lowest BCUT2D eigenvalue weighted by atomic mass is 9.75. The predicted octanol–water partition coefficient (Wildman–Crippen LogP) is 4.01. The van der Waals surface area contributed by atoms with Crippen LogP contribution in [0.15, 0.2) is 0 Å². The Balaban J connectivity index is 2.76. The number of likely N-dealkylation sites (tertiary alicyclic amines) is 1. The number of carboxylic acid groups (broad SMARTS) is 2. The van der Waals surface area contributed by atoms with Gasteiger partial charge in [-0.05, 0) is 70.9 Å². The third kappa shape index (κ3) is 7.20. The molecule has 0 aliphatic carbocycles. The zero-order valence-corrected chi connectivity index (χ0v) is 15.8. The van der Waals surface area contributed by atoms with Crippen molar-refractivity contribution >= 4 is 11.9 Å². The van der Waals surface area contributed by atoms with Crippen LogP contribution >= 0.6 is 0 Å². The van der Waals surface area contributed by atoms with E-state index in [1.807, 2.05) is 13.8 Å². The molecule has 0 aromatic rings. The first-order chi connectivity index (χ1) is 11.0. The topological polar surface area (TPSA) is 77.8 Å². The Kier molecular flexibility index (Phi) is 7.71. The van der Waals surface area contributed by atoms with Gasteiger partial charge in [-0.2, -0.15) is 0 Å². The van der Waals surface area contributed by atoms with E-state index in [-0.39, 0.29) is 17.9 Å². The minimum absolute atomic E-state index is 0.0200. The summed E-state index contributed by atoms with van der Waals surface area (Å²) >= 11 is 0. The van der Waals surface area contributed by atoms with Crippen LogP contribution in [0.2, 0.25) is 0 Å². The number of carbonyl (C=O) groups is 2. The minimum atomic E-state index is -0.745. The van der Waals surface area contributed by atoms with Gasteiger partial charge in [-0.15, -0.1) is 0 Å². The fraction of sp³-hybridized carbons (Fsp3) is 0.895. The van der Waals surface area contributed by atoms with Crippen LogP contribution in [0.4, 0.5) is 0 Å². The highest BCUT2D eigenvalue weighted by Gasteiger charge is 2.36. The van der Waals surface area contributed by atoms with Gasteiger partial charge in [-0.25, -0.2) is 0 Å². The molecule has 1 saturated heterocycles. The van der Waals surface area contributed by atoms with Crippen molar-refractivity contribution in [2.75, 3.05) is 13.1 Å². The van der Waals surface area contributed by atoms with E-state index in [0.29, 0.717) is 12.8 Å². The van der Waals surface area contributed by atoms with Crippen LogP contribution in [0.5, 0.6) is 0 Å². The molecule has 1 atom stereocenters. The molecule has 1 aliphatic heterocycles. The Hall–Kier alpha value is -1.10. The highest BCUT2D eigenvalue weighted by molar-refractivity contribution is 5.73. The molecule has 0 bridgehead atoms. The van der Waals surface area contributed by atoms with Gasteiger partial charge in [-0.1, -0.05) is 20.3 Å². The number of hydrogen-bond acceptors (Lipinski definition) is 3. The molecule has 0 aromatic heterocycles. The highest BCUT2D eigenvalue weighted by Crippen LogP contribution is 2.36. The Labute approximate surface area is 146 Å². The van der Waals surface area contributed by atoms with Gasteiger partial charge in [-0.3, -0.25) is 9.59 Å². The molecule has 5 heteroatoms. The summed E-state index contributed by atoms with van der Waals surface area (Å²) < 4.78 is 0. The maximum Gasteiger partial charge on any atom is 0.309 e. The van der Waals surface area contributed by atoms with E-state index in [9.17, 15) is 14.7 Å². The number of hydrogen-bond donors (Lipinski definition) is 2. The van der Waals surface area contributed by atoms with Crippen LogP contribution < -0.4 is 0 Å². The first-order valence-electron chi connectivity index (χ1n) is 9.23. The highest BCUT2D eigenvalue weighted by atomic mass is 16.4. The van der Waals surface area contributed by atoms with Gasteiger partial charge in [0, 0.05) is 12.5 Å². The monoisotopic (exact) mass is 341 g/mol. The number of carboxylic acids is 2. The average Bonchev–Trinajstić information content (AvgIpc) is 2.46. The predicted molar refractivity (Wildman–Crippen MR) is 95.1 cm³/mol. The molecule has 1 aliphatic rings. The molecule has 0 spiro atoms. The van der Waals surface area contributed by atoms with Crippen LogP contribution in [0.25, 0.3) is 0 Å². The zero-order valence-electron chi connectivity index (χ0n) is 15.8. The zero-order chi connectivity index (χ0) is 18.4. The van der Waals surface area contributed by atoms with Gasteiger partial charge < -0.3 is 15.1 Å². The standard InChI is InChI=1S/C19H35NO4/c1-18(2,10-8-9-16(21)22)13-15(14-19(3,4)17(23)24)20-11-6-5-7-12-20/h15H,5-14H2,1-4H3,(H,21,22)(H,23,24). The first kappa shape index (κ1) is 20.9. The molecule has 1 rings (SSSR count). The third-order valence-corrected chi connectivity index (χ3v) is 5.26. The lowest BCUT2D eigenvalue weighted by Gasteiger charge is -2.41. The molecule has 0 radical (unpaired) electrons. The fourth-order valence-corrected chi connectivity index (χ4v) is 3.75. The Morgan fingerprint density at radius 2 is 1.58 bits per heavy atom. The van der Waals surface area contributed by atoms with E-state index in [1.165, 1.54) is 19.3 Å². The molecule has 140 valence electrons. The van der Waals surface area contributed by atoms with E-state index in [0.717, 1.165) is 25.9 Å². The molecular formula is C19H35NO4. The van der Waals surface area contributed by atoms with Crippen LogP contribution in [-0.4, -0.2) is 46.2 Å². The lowest BCUT2D eigenvalue weighted by Crippen LogP contribution is -2.45. The van der Waals surface area contributed by atoms with E-state index >= 15 is 0 Å². The largest absolute Gasteiger partial charge is 0.481 e. The summed E-state index contributed by atoms with van der Waals surface area (Å²) in [7, 11) is 0. The molecule has 2 N–H and O–H groups in total. The van der Waals surface area contributed by atoms with E-state index < -0.39 is 17.4 Å². The summed E-state index contributed by atoms with van der Waals surface area (Å²) in [5.41, 5.74) is -0.717. The summed E-state index contributed by atoms with van der Waals surface area (Å²) in [6, 6.07) is 0.247. The van der Waals surface area contributed by atoms with E-state index in [4.69, 9.17) is 5.11 Å². The summed E-state index contributed by atoms with van der Waals surface area (Å²) in [4.78, 5) is 24.8. The Morgan fingerprint density at radius 1 is 1.00 bits per heavy atom. The summed E-state index contributed by atoms with van der Waals surface area (Å²) in [5.74, 6) is -1.49. The average molecular weight is 341 g/mol. The Bertz CT molecular complexity index is 425. The molecule has 0 aromatic carbocycles. The van der Waals surface area contributed by atoms with Crippen LogP contribution in [0.1, 0.15) is 79.1 Å². The molecule has 24 heavy (non-hydrogen) atoms. The van der Waals surface area contributed by atoms with Crippen molar-refractivity contribution in [1.82, 2.24) is 4.90 Å². The number of aliphatic carboxylic acids is 2. The van der Waals surface area contributed by atoms with Gasteiger partial charge in [0.1, 0.15) is 0 Å². The maximum atomic E-state index is 11.6. The Morgan fingerprint density at radius 3 is 2.08 bits per heavy atom. The quantitative estimate of drug-likeness (QED) is 0.627.